The van der Waals surface area contributed by atoms with Crippen molar-refractivity contribution < 1.29 is 38.1 Å². The highest BCUT2D eigenvalue weighted by molar-refractivity contribution is 6.08. The lowest BCUT2D eigenvalue weighted by Crippen LogP contribution is -2.65. The maximum atomic E-state index is 13.5. The number of carbonyl (C=O) groups is 4. The van der Waals surface area contributed by atoms with Gasteiger partial charge in [-0.3, -0.25) is 33.1 Å². The highest BCUT2D eigenvalue weighted by Crippen LogP contribution is 2.76. The zero-order chi connectivity index (χ0) is 109. The molecule has 9 aromatic carbocycles. The van der Waals surface area contributed by atoms with Gasteiger partial charge in [0.25, 0.3) is 17.7 Å². The van der Waals surface area contributed by atoms with Gasteiger partial charge in [-0.15, -0.1) is 0 Å². The van der Waals surface area contributed by atoms with E-state index in [-0.39, 0.29) is 56.7 Å². The first-order chi connectivity index (χ1) is 69.7. The van der Waals surface area contributed by atoms with E-state index in [1.54, 1.807) is 33.5 Å². The molecular formula is C134H164N8O8. The van der Waals surface area contributed by atoms with E-state index in [2.05, 4.69) is 335 Å². The SMILES string of the molecule is CC(C)(C)Cc1ccc(-c2cc3cc(OC(C)(C)C)ccc3[nH]2)cc1.CC(C)(C)Cc1ccc(C2=Nc3ccc(OC(C)(C)C)cc3C2)cc1.Cn1cc(-c2ccc(CC(C)(C)C)cc2)cc1C(=O)n1ccc2cc(C(=O)OC(C)(C)C)ccc21.Cn1cc(-c2ccc(CC(C)(C)C)cc2)cc1C(=O)n1ccc2cc(OC(C)(C)C)ccc21.Cn1cc(C23CC(CC(C)(C)C)(C2)C3)cc1C(=O)n1ccc2cc(CC(C)(C)C)ccc21. The van der Waals surface area contributed by atoms with Gasteiger partial charge in [0.1, 0.15) is 56.7 Å². The van der Waals surface area contributed by atoms with Crippen LogP contribution >= 0.6 is 0 Å². The number of esters is 1. The number of fused-ring (bicyclic) bond motifs is 5. The first-order valence-corrected chi connectivity index (χ1v) is 53.6. The maximum absolute atomic E-state index is 13.5. The second kappa shape index (κ2) is 42.0. The molecule has 788 valence electrons. The lowest BCUT2D eigenvalue weighted by molar-refractivity contribution is -0.161. The standard InChI is InChI=1S/C30H34N2O3.C29H34N2O2.C29H38N2O.2C23H29NO/c1-29(2,3)18-20-8-10-21(11-9-20)24-17-26(31(7)19-24)27(33)32-15-14-22-16-23(12-13-25(22)32)28(34)35-30(4,5)6;1-28(2,3)18-20-8-10-21(11-9-20)23-17-26(30(7)19-23)27(32)31-15-14-22-16-24(12-13-25(22)31)33-29(4,5)6;1-26(2,3)14-20-8-9-23-21(12-20)10-11-31(23)25(32)24-13-22(15-30(24)7)29-17-28(18-29,19-29)16-27(4,5)6;2*1-22(2,3)15-16-7-9-17(10-8-16)21-14-18-13-19(25-23(4,5)6)11-12-20(18)24-21/h8-17,19H,18H2,1-7H3;8-17,19H,18H2,1-7H3;8-13,15H,14,16-19H2,1-7H3;7-13H,14-15H2,1-6H3;7-14,24H,15H2,1-6H3. The highest BCUT2D eigenvalue weighted by atomic mass is 16.6. The van der Waals surface area contributed by atoms with Crippen LogP contribution in [0.1, 0.15) is 320 Å². The van der Waals surface area contributed by atoms with Crippen LogP contribution in [-0.2, 0) is 69.8 Å². The number of carbonyl (C=O) groups excluding carboxylic acids is 4. The van der Waals surface area contributed by atoms with E-state index in [0.717, 1.165) is 139 Å². The average Bonchev–Trinajstić information content (AvgIpc) is 1.36. The van der Waals surface area contributed by atoms with Gasteiger partial charge in [-0.05, 0) is 373 Å². The van der Waals surface area contributed by atoms with Crippen molar-refractivity contribution in [1.82, 2.24) is 32.4 Å². The van der Waals surface area contributed by atoms with Gasteiger partial charge >= 0.3 is 5.97 Å². The quantitative estimate of drug-likeness (QED) is 0.0830. The molecule has 1 aliphatic heterocycles. The number of rotatable bonds is 18. The van der Waals surface area contributed by atoms with Crippen molar-refractivity contribution >= 4 is 78.7 Å². The molecule has 3 saturated carbocycles. The number of benzene rings is 9. The minimum atomic E-state index is -0.564. The molecule has 0 unspecified atom stereocenters. The second-order valence-electron chi connectivity index (χ2n) is 54.2. The molecule has 3 aliphatic carbocycles. The maximum Gasteiger partial charge on any atom is 0.338 e. The van der Waals surface area contributed by atoms with Gasteiger partial charge in [0, 0.05) is 109 Å². The molecule has 16 heteroatoms. The third kappa shape index (κ3) is 28.6. The Morgan fingerprint density at radius 3 is 1.11 bits per heavy atom. The lowest BCUT2D eigenvalue weighted by Gasteiger charge is -2.72. The van der Waals surface area contributed by atoms with Gasteiger partial charge in [-0.2, -0.15) is 0 Å². The van der Waals surface area contributed by atoms with Gasteiger partial charge < -0.3 is 37.6 Å². The molecule has 0 amide bonds. The van der Waals surface area contributed by atoms with E-state index >= 15 is 0 Å². The molecule has 16 aromatic rings. The molecule has 3 fully saturated rings. The summed E-state index contributed by atoms with van der Waals surface area (Å²) in [4.78, 5) is 61.2. The summed E-state index contributed by atoms with van der Waals surface area (Å²) in [5, 5.41) is 4.10. The predicted octanol–water partition coefficient (Wildman–Crippen LogP) is 33.8. The van der Waals surface area contributed by atoms with Gasteiger partial charge in [0.15, 0.2) is 0 Å². The molecular weight excluding hydrogens is 1850 g/mol. The molecule has 2 bridgehead atoms. The number of aromatic nitrogens is 7. The van der Waals surface area contributed by atoms with Crippen molar-refractivity contribution in [2.45, 2.75) is 300 Å². The molecule has 0 atom stereocenters. The number of nitrogens with one attached hydrogen (secondary N) is 1. The molecule has 1 N–H and O–H groups in total. The van der Waals surface area contributed by atoms with Crippen LogP contribution in [0.3, 0.4) is 0 Å². The molecule has 16 nitrogen and oxygen atoms in total. The van der Waals surface area contributed by atoms with Gasteiger partial charge in [0.05, 0.1) is 33.5 Å². The molecule has 0 saturated heterocycles. The molecule has 8 heterocycles. The number of H-pyrrole nitrogens is 1. The summed E-state index contributed by atoms with van der Waals surface area (Å²) in [5.74, 6) is 2.15. The first-order valence-electron chi connectivity index (χ1n) is 53.6. The number of hydrogen-bond acceptors (Lipinski definition) is 9. The number of nitrogens with zero attached hydrogens (tertiary/aromatic N) is 7. The van der Waals surface area contributed by atoms with Crippen LogP contribution in [0.2, 0.25) is 0 Å². The van der Waals surface area contributed by atoms with Crippen LogP contribution in [0.15, 0.2) is 273 Å². The Morgan fingerprint density at radius 2 is 0.687 bits per heavy atom. The number of ether oxygens (including phenoxy) is 4. The van der Waals surface area contributed by atoms with Crippen LogP contribution in [0.4, 0.5) is 5.69 Å². The average molecular weight is 2010 g/mol. The minimum Gasteiger partial charge on any atom is -0.488 e. The largest absolute Gasteiger partial charge is 0.488 e. The highest BCUT2D eigenvalue weighted by Gasteiger charge is 2.68. The van der Waals surface area contributed by atoms with Crippen LogP contribution in [0, 0.1) is 37.9 Å². The Morgan fingerprint density at radius 1 is 0.327 bits per heavy atom. The van der Waals surface area contributed by atoms with E-state index in [9.17, 15) is 19.2 Å². The Bertz CT molecular complexity index is 7600. The topological polar surface area (TPSA) is 163 Å². The van der Waals surface area contributed by atoms with E-state index in [1.807, 2.05) is 160 Å². The summed E-state index contributed by atoms with van der Waals surface area (Å²) in [7, 11) is 5.82. The fraction of sp³-hybridized carbons (Fsp3) is 0.410. The fourth-order valence-corrected chi connectivity index (χ4v) is 21.7. The summed E-state index contributed by atoms with van der Waals surface area (Å²) in [6, 6.07) is 79.2. The summed E-state index contributed by atoms with van der Waals surface area (Å²) < 4.78 is 34.4. The van der Waals surface area contributed by atoms with Gasteiger partial charge in [-0.1, -0.05) is 228 Å². The van der Waals surface area contributed by atoms with Crippen molar-refractivity contribution in [1.29, 1.82) is 0 Å². The van der Waals surface area contributed by atoms with E-state index in [1.165, 1.54) is 81.1 Å². The lowest BCUT2D eigenvalue weighted by atomic mass is 9.32. The molecule has 0 spiro atoms. The summed E-state index contributed by atoms with van der Waals surface area (Å²) in [6.07, 6.45) is 23.0. The number of hydrogen-bond donors (Lipinski definition) is 1. The van der Waals surface area contributed by atoms with Crippen molar-refractivity contribution in [3.63, 3.8) is 0 Å². The molecule has 150 heavy (non-hydrogen) atoms. The Balaban J connectivity index is 0.000000141. The van der Waals surface area contributed by atoms with Crippen molar-refractivity contribution in [3.05, 3.63) is 335 Å². The molecule has 4 aliphatic rings. The normalized spacial score (nSPS) is 15.4. The van der Waals surface area contributed by atoms with E-state index in [0.29, 0.717) is 44.0 Å². The molecule has 20 rings (SSSR count). The van der Waals surface area contributed by atoms with Crippen LogP contribution in [0.5, 0.6) is 17.2 Å². The Kier molecular flexibility index (Phi) is 31.0. The number of aryl methyl sites for hydroxylation is 3. The zero-order valence-electron chi connectivity index (χ0n) is 95.9. The van der Waals surface area contributed by atoms with Gasteiger partial charge in [-0.25, -0.2) is 4.79 Å². The number of aromatic amines is 1. The second-order valence-corrected chi connectivity index (χ2v) is 54.2. The molecule has 0 radical (unpaired) electrons. The Labute approximate surface area is 892 Å². The fourth-order valence-electron chi connectivity index (χ4n) is 21.7. The minimum absolute atomic E-state index is 0.0485. The Hall–Kier alpha value is -13.5. The van der Waals surface area contributed by atoms with Crippen molar-refractivity contribution in [3.8, 4) is 50.8 Å². The number of aliphatic imine (C=N–C) groups is 1. The van der Waals surface area contributed by atoms with Gasteiger partial charge in [0.2, 0.25) is 0 Å². The summed E-state index contributed by atoms with van der Waals surface area (Å²) in [6.45, 7) is 64.9. The summed E-state index contributed by atoms with van der Waals surface area (Å²) >= 11 is 0. The van der Waals surface area contributed by atoms with Crippen LogP contribution in [0.25, 0.3) is 77.1 Å². The van der Waals surface area contributed by atoms with Crippen molar-refractivity contribution in [2.24, 2.45) is 64.0 Å². The monoisotopic (exact) mass is 2010 g/mol. The summed E-state index contributed by atoms with van der Waals surface area (Å²) in [5.41, 5.74) is 27.0. The van der Waals surface area contributed by atoms with Crippen LogP contribution < -0.4 is 14.2 Å². The predicted molar refractivity (Wildman–Crippen MR) is 623 cm³/mol. The zero-order valence-corrected chi connectivity index (χ0v) is 95.9. The smallest absolute Gasteiger partial charge is 0.338 e. The van der Waals surface area contributed by atoms with E-state index in [4.69, 9.17) is 23.9 Å². The third-order valence-electron chi connectivity index (χ3n) is 27.1. The third-order valence-corrected chi connectivity index (χ3v) is 27.1. The molecule has 7 aromatic heterocycles. The van der Waals surface area contributed by atoms with E-state index < -0.39 is 5.60 Å². The van der Waals surface area contributed by atoms with Crippen molar-refractivity contribution in [2.75, 3.05) is 0 Å². The van der Waals surface area contributed by atoms with Crippen LogP contribution in [-0.4, -0.2) is 84.2 Å². The first kappa shape index (κ1) is 111.